The van der Waals surface area contributed by atoms with Gasteiger partial charge in [0, 0.05) is 23.8 Å². The Morgan fingerprint density at radius 2 is 1.94 bits per heavy atom. The molecule has 4 aromatic rings. The molecule has 9 heteroatoms. The molecule has 3 aromatic heterocycles. The predicted octanol–water partition coefficient (Wildman–Crippen LogP) is 3.83. The Morgan fingerprint density at radius 3 is 2.74 bits per heavy atom. The number of fused-ring (bicyclic) bond motifs is 1. The molecule has 5 rings (SSSR count). The third-order valence-electron chi connectivity index (χ3n) is 5.42. The van der Waals surface area contributed by atoms with Crippen molar-refractivity contribution >= 4 is 44.5 Å². The number of para-hydroxylation sites is 1. The molecule has 4 heterocycles. The van der Waals surface area contributed by atoms with Crippen molar-refractivity contribution in [3.8, 4) is 5.69 Å². The van der Waals surface area contributed by atoms with Crippen LogP contribution in [0.25, 0.3) is 16.7 Å². The van der Waals surface area contributed by atoms with Crippen molar-refractivity contribution in [3.63, 3.8) is 0 Å². The summed E-state index contributed by atoms with van der Waals surface area (Å²) in [4.78, 5) is 28.2. The van der Waals surface area contributed by atoms with Gasteiger partial charge in [0.2, 0.25) is 5.91 Å². The number of hydrogen-bond donors (Lipinski definition) is 1. The predicted molar refractivity (Wildman–Crippen MR) is 122 cm³/mol. The summed E-state index contributed by atoms with van der Waals surface area (Å²) in [5.74, 6) is 1.20. The number of hydrogen-bond acceptors (Lipinski definition) is 6. The molecule has 1 saturated heterocycles. The minimum Gasteiger partial charge on any atom is -0.355 e. The van der Waals surface area contributed by atoms with Crippen LogP contribution in [0.2, 0.25) is 0 Å². The number of anilines is 2. The maximum Gasteiger partial charge on any atom is 0.230 e. The highest BCUT2D eigenvalue weighted by molar-refractivity contribution is 9.10. The molecular weight excluding hydrogens is 458 g/mol. The van der Waals surface area contributed by atoms with E-state index in [1.54, 1.807) is 24.8 Å². The van der Waals surface area contributed by atoms with Crippen LogP contribution < -0.4 is 10.2 Å². The maximum atomic E-state index is 12.8. The Balaban J connectivity index is 1.38. The first-order chi connectivity index (χ1) is 15.2. The lowest BCUT2D eigenvalue weighted by Gasteiger charge is -2.33. The fourth-order valence-electron chi connectivity index (χ4n) is 3.90. The van der Waals surface area contributed by atoms with Crippen molar-refractivity contribution in [3.05, 3.63) is 65.7 Å². The second kappa shape index (κ2) is 8.43. The van der Waals surface area contributed by atoms with E-state index in [0.29, 0.717) is 12.4 Å². The fraction of sp³-hybridized carbons (Fsp3) is 0.227. The summed E-state index contributed by atoms with van der Waals surface area (Å²) in [6, 6.07) is 13.5. The molecule has 1 aliphatic heterocycles. The van der Waals surface area contributed by atoms with E-state index in [4.69, 9.17) is 0 Å². The monoisotopic (exact) mass is 477 g/mol. The number of carbonyl (C=O) groups is 1. The van der Waals surface area contributed by atoms with Gasteiger partial charge in [0.05, 0.1) is 23.2 Å². The van der Waals surface area contributed by atoms with Gasteiger partial charge in [-0.05, 0) is 53.0 Å². The summed E-state index contributed by atoms with van der Waals surface area (Å²) in [5, 5.41) is 8.34. The topological polar surface area (TPSA) is 88.8 Å². The number of pyridine rings is 1. The third-order valence-corrected chi connectivity index (χ3v) is 5.88. The highest BCUT2D eigenvalue weighted by Crippen LogP contribution is 2.29. The summed E-state index contributed by atoms with van der Waals surface area (Å²) >= 11 is 3.36. The van der Waals surface area contributed by atoms with E-state index in [1.165, 1.54) is 0 Å². The summed E-state index contributed by atoms with van der Waals surface area (Å²) in [6.45, 7) is 1.42. The van der Waals surface area contributed by atoms with Crippen LogP contribution >= 0.6 is 15.9 Å². The van der Waals surface area contributed by atoms with Crippen molar-refractivity contribution in [1.82, 2.24) is 24.7 Å². The Kier molecular flexibility index (Phi) is 5.33. The van der Waals surface area contributed by atoms with Gasteiger partial charge < -0.3 is 10.2 Å². The normalized spacial score (nSPS) is 16.4. The fourth-order valence-corrected chi connectivity index (χ4v) is 4.14. The first kappa shape index (κ1) is 19.6. The number of nitrogens with one attached hydrogen (secondary N) is 1. The molecular formula is C22H20BrN7O. The summed E-state index contributed by atoms with van der Waals surface area (Å²) in [5.41, 5.74) is 1.70. The molecule has 1 N–H and O–H groups in total. The first-order valence-electron chi connectivity index (χ1n) is 10.1. The number of aromatic nitrogens is 5. The molecule has 0 bridgehead atoms. The van der Waals surface area contributed by atoms with Gasteiger partial charge >= 0.3 is 0 Å². The van der Waals surface area contributed by atoms with Crippen molar-refractivity contribution < 1.29 is 4.79 Å². The average Bonchev–Trinajstić information content (AvgIpc) is 3.25. The van der Waals surface area contributed by atoms with Crippen LogP contribution in [0.15, 0.2) is 65.7 Å². The van der Waals surface area contributed by atoms with Gasteiger partial charge in [0.25, 0.3) is 0 Å². The van der Waals surface area contributed by atoms with E-state index in [-0.39, 0.29) is 11.8 Å². The second-order valence-electron chi connectivity index (χ2n) is 7.46. The molecule has 0 radical (unpaired) electrons. The Labute approximate surface area is 187 Å². The van der Waals surface area contributed by atoms with Gasteiger partial charge in [-0.3, -0.25) is 4.79 Å². The quantitative estimate of drug-likeness (QED) is 0.480. The molecule has 0 unspecified atom stereocenters. The number of carbonyl (C=O) groups excluding carboxylic acids is 1. The molecule has 0 aliphatic carbocycles. The van der Waals surface area contributed by atoms with Crippen LogP contribution in [-0.4, -0.2) is 43.7 Å². The van der Waals surface area contributed by atoms with E-state index in [9.17, 15) is 4.79 Å². The third kappa shape index (κ3) is 4.00. The minimum absolute atomic E-state index is 0.0233. The van der Waals surface area contributed by atoms with Crippen LogP contribution in [0.3, 0.4) is 0 Å². The average molecular weight is 478 g/mol. The minimum atomic E-state index is -0.145. The number of rotatable bonds is 4. The number of piperidine rings is 1. The highest BCUT2D eigenvalue weighted by atomic mass is 79.9. The molecule has 1 aromatic carbocycles. The Morgan fingerprint density at radius 1 is 1.06 bits per heavy atom. The Hall–Kier alpha value is -3.33. The van der Waals surface area contributed by atoms with E-state index >= 15 is 0 Å². The maximum absolute atomic E-state index is 12.8. The summed E-state index contributed by atoms with van der Waals surface area (Å²) in [6.07, 6.45) is 6.77. The lowest BCUT2D eigenvalue weighted by Crippen LogP contribution is -2.41. The molecule has 1 amide bonds. The molecule has 31 heavy (non-hydrogen) atoms. The van der Waals surface area contributed by atoms with Gasteiger partial charge in [-0.1, -0.05) is 18.2 Å². The van der Waals surface area contributed by atoms with E-state index in [2.05, 4.69) is 46.2 Å². The number of amides is 1. The smallest absolute Gasteiger partial charge is 0.230 e. The molecule has 1 atom stereocenters. The number of benzene rings is 1. The molecule has 8 nitrogen and oxygen atoms in total. The highest BCUT2D eigenvalue weighted by Gasteiger charge is 2.28. The first-order valence-corrected chi connectivity index (χ1v) is 10.9. The SMILES string of the molecule is O=C(Nc1ccc(Br)cn1)[C@@H]1CCCN(c2ncnc3c2cnn3-c2ccccc2)C1. The summed E-state index contributed by atoms with van der Waals surface area (Å²) < 4.78 is 2.69. The van der Waals surface area contributed by atoms with Gasteiger partial charge in [-0.15, -0.1) is 0 Å². The number of halogens is 1. The lowest BCUT2D eigenvalue weighted by molar-refractivity contribution is -0.120. The van der Waals surface area contributed by atoms with Crippen molar-refractivity contribution in [2.24, 2.45) is 5.92 Å². The largest absolute Gasteiger partial charge is 0.355 e. The van der Waals surface area contributed by atoms with Gasteiger partial charge in [-0.25, -0.2) is 19.6 Å². The molecule has 156 valence electrons. The van der Waals surface area contributed by atoms with Gasteiger partial charge in [-0.2, -0.15) is 5.10 Å². The second-order valence-corrected chi connectivity index (χ2v) is 8.38. The summed E-state index contributed by atoms with van der Waals surface area (Å²) in [7, 11) is 0. The van der Waals surface area contributed by atoms with Crippen molar-refractivity contribution in [2.45, 2.75) is 12.8 Å². The van der Waals surface area contributed by atoms with Crippen LogP contribution in [0.4, 0.5) is 11.6 Å². The van der Waals surface area contributed by atoms with E-state index in [0.717, 1.165) is 46.4 Å². The van der Waals surface area contributed by atoms with Gasteiger partial charge in [0.15, 0.2) is 5.65 Å². The molecule has 0 spiro atoms. The van der Waals surface area contributed by atoms with Crippen LogP contribution in [0.1, 0.15) is 12.8 Å². The van der Waals surface area contributed by atoms with E-state index in [1.807, 2.05) is 41.1 Å². The Bertz CT molecular complexity index is 1210. The van der Waals surface area contributed by atoms with Crippen LogP contribution in [0, 0.1) is 5.92 Å². The molecule has 1 aliphatic rings. The number of nitrogens with zero attached hydrogens (tertiary/aromatic N) is 6. The zero-order chi connectivity index (χ0) is 21.2. The van der Waals surface area contributed by atoms with Crippen molar-refractivity contribution in [1.29, 1.82) is 0 Å². The molecule has 1 fully saturated rings. The zero-order valence-electron chi connectivity index (χ0n) is 16.6. The lowest BCUT2D eigenvalue weighted by atomic mass is 9.97. The zero-order valence-corrected chi connectivity index (χ0v) is 18.2. The molecule has 0 saturated carbocycles. The van der Waals surface area contributed by atoms with Crippen LogP contribution in [0.5, 0.6) is 0 Å². The van der Waals surface area contributed by atoms with E-state index < -0.39 is 0 Å². The standard InChI is InChI=1S/C22H20BrN7O/c23-16-8-9-19(24-11-16)28-22(31)15-5-4-10-29(13-15)20-18-12-27-30(21(18)26-14-25-20)17-6-2-1-3-7-17/h1-3,6-9,11-12,14-15H,4-5,10,13H2,(H,24,28,31)/t15-/m1/s1. The van der Waals surface area contributed by atoms with Crippen LogP contribution in [-0.2, 0) is 4.79 Å². The van der Waals surface area contributed by atoms with Crippen molar-refractivity contribution in [2.75, 3.05) is 23.3 Å². The van der Waals surface area contributed by atoms with Gasteiger partial charge in [0.1, 0.15) is 18.0 Å².